The topological polar surface area (TPSA) is 149 Å². The van der Waals surface area contributed by atoms with E-state index >= 15 is 0 Å². The summed E-state index contributed by atoms with van der Waals surface area (Å²) in [5, 5.41) is 28.4. The van der Waals surface area contributed by atoms with E-state index in [0.717, 1.165) is 0 Å². The lowest BCUT2D eigenvalue weighted by Gasteiger charge is -2.21. The Balaban J connectivity index is 1.97. The average molecular weight is 311 g/mol. The molecule has 2 aromatic heterocycles. The van der Waals surface area contributed by atoms with E-state index in [1.54, 1.807) is 4.57 Å². The predicted molar refractivity (Wildman–Crippen MR) is 73.6 cm³/mol. The molecule has 4 atom stereocenters. The molecule has 2 aromatic rings. The molecular formula is C12H17N5O5. The van der Waals surface area contributed by atoms with Crippen LogP contribution in [0.3, 0.4) is 0 Å². The molecule has 1 aliphatic heterocycles. The van der Waals surface area contributed by atoms with Crippen LogP contribution in [0.25, 0.3) is 11.2 Å². The number of hydrogen-bond donors (Lipinski definition) is 4. The van der Waals surface area contributed by atoms with Crippen molar-refractivity contribution in [3.63, 3.8) is 0 Å². The van der Waals surface area contributed by atoms with Crippen LogP contribution in [0.15, 0.2) is 12.7 Å². The van der Waals surface area contributed by atoms with E-state index in [0.29, 0.717) is 11.2 Å². The van der Waals surface area contributed by atoms with Gasteiger partial charge in [0.25, 0.3) is 0 Å². The second kappa shape index (κ2) is 6.10. The summed E-state index contributed by atoms with van der Waals surface area (Å²) < 4.78 is 12.7. The number of rotatable bonds is 5. The molecule has 1 aliphatic rings. The number of anilines is 1. The summed E-state index contributed by atoms with van der Waals surface area (Å²) in [7, 11) is 0. The van der Waals surface area contributed by atoms with Gasteiger partial charge in [0.15, 0.2) is 17.7 Å². The van der Waals surface area contributed by atoms with Crippen molar-refractivity contribution in [1.82, 2.24) is 19.5 Å². The third kappa shape index (κ3) is 2.40. The third-order valence-corrected chi connectivity index (χ3v) is 3.56. The van der Waals surface area contributed by atoms with Crippen molar-refractivity contribution in [2.45, 2.75) is 24.5 Å². The molecule has 0 aromatic carbocycles. The monoisotopic (exact) mass is 311 g/mol. The SMILES string of the molecule is Nc1ncnc2c1ncn2[C@@H]1O[C@H](CO)[C@@H](O)[C@H]1OCCO. The Labute approximate surface area is 125 Å². The highest BCUT2D eigenvalue weighted by Gasteiger charge is 2.45. The Morgan fingerprint density at radius 2 is 2.14 bits per heavy atom. The lowest BCUT2D eigenvalue weighted by molar-refractivity contribution is -0.0761. The first-order valence-corrected chi connectivity index (χ1v) is 6.77. The van der Waals surface area contributed by atoms with E-state index in [1.807, 2.05) is 0 Å². The van der Waals surface area contributed by atoms with Gasteiger partial charge in [0, 0.05) is 0 Å². The standard InChI is InChI=1S/C12H17N5O5/c13-10-7-11(15-4-14-10)17(5-16-7)12-9(21-2-1-18)8(20)6(3-19)22-12/h4-6,8-9,12,18-20H,1-3H2,(H2,13,14,15)/t6-,8-,9-,12-/m1/s1. The summed E-state index contributed by atoms with van der Waals surface area (Å²) in [4.78, 5) is 12.1. The number of aliphatic hydroxyl groups excluding tert-OH is 3. The smallest absolute Gasteiger partial charge is 0.167 e. The Bertz CT molecular complexity index is 650. The van der Waals surface area contributed by atoms with Gasteiger partial charge in [0.05, 0.1) is 26.1 Å². The van der Waals surface area contributed by atoms with E-state index in [4.69, 9.17) is 20.3 Å². The zero-order valence-electron chi connectivity index (χ0n) is 11.6. The average Bonchev–Trinajstić information content (AvgIpc) is 3.07. The van der Waals surface area contributed by atoms with Gasteiger partial charge in [0.2, 0.25) is 0 Å². The van der Waals surface area contributed by atoms with Crippen LogP contribution in [0.2, 0.25) is 0 Å². The highest BCUT2D eigenvalue weighted by atomic mass is 16.6. The predicted octanol–water partition coefficient (Wildman–Crippen LogP) is -1.96. The van der Waals surface area contributed by atoms with Crippen LogP contribution in [0.4, 0.5) is 5.82 Å². The van der Waals surface area contributed by atoms with Gasteiger partial charge in [-0.3, -0.25) is 4.57 Å². The van der Waals surface area contributed by atoms with E-state index in [1.165, 1.54) is 12.7 Å². The van der Waals surface area contributed by atoms with Gasteiger partial charge in [-0.05, 0) is 0 Å². The van der Waals surface area contributed by atoms with Crippen molar-refractivity contribution in [2.24, 2.45) is 0 Å². The maximum Gasteiger partial charge on any atom is 0.167 e. The molecule has 10 nitrogen and oxygen atoms in total. The summed E-state index contributed by atoms with van der Waals surface area (Å²) >= 11 is 0. The third-order valence-electron chi connectivity index (χ3n) is 3.56. The fraction of sp³-hybridized carbons (Fsp3) is 0.583. The van der Waals surface area contributed by atoms with Gasteiger partial charge >= 0.3 is 0 Å². The number of ether oxygens (including phenoxy) is 2. The Morgan fingerprint density at radius 1 is 1.32 bits per heavy atom. The summed E-state index contributed by atoms with van der Waals surface area (Å²) in [6.07, 6.45) is -0.615. The summed E-state index contributed by atoms with van der Waals surface area (Å²) in [5.41, 5.74) is 6.58. The molecule has 1 saturated heterocycles. The molecule has 10 heteroatoms. The number of fused-ring (bicyclic) bond motifs is 1. The second-order valence-corrected chi connectivity index (χ2v) is 4.88. The Morgan fingerprint density at radius 3 is 2.86 bits per heavy atom. The highest BCUT2D eigenvalue weighted by Crippen LogP contribution is 2.33. The lowest BCUT2D eigenvalue weighted by atomic mass is 10.1. The molecule has 0 unspecified atom stereocenters. The van der Waals surface area contributed by atoms with Crippen molar-refractivity contribution < 1.29 is 24.8 Å². The number of nitrogen functional groups attached to an aromatic ring is 1. The summed E-state index contributed by atoms with van der Waals surface area (Å²) in [6.45, 7) is -0.524. The number of nitrogens with two attached hydrogens (primary N) is 1. The Kier molecular flexibility index (Phi) is 4.18. The van der Waals surface area contributed by atoms with Crippen LogP contribution >= 0.6 is 0 Å². The fourth-order valence-electron chi connectivity index (χ4n) is 2.52. The van der Waals surface area contributed by atoms with Crippen molar-refractivity contribution in [2.75, 3.05) is 25.6 Å². The molecule has 0 spiro atoms. The number of aliphatic hydroxyl groups is 3. The molecule has 22 heavy (non-hydrogen) atoms. The second-order valence-electron chi connectivity index (χ2n) is 4.88. The molecule has 0 saturated carbocycles. The molecule has 3 rings (SSSR count). The maximum atomic E-state index is 10.2. The Hall–Kier alpha value is -1.85. The van der Waals surface area contributed by atoms with E-state index in [9.17, 15) is 10.2 Å². The first kappa shape index (κ1) is 15.1. The molecule has 0 radical (unpaired) electrons. The lowest BCUT2D eigenvalue weighted by Crippen LogP contribution is -2.36. The van der Waals surface area contributed by atoms with Crippen molar-refractivity contribution in [3.8, 4) is 0 Å². The zero-order valence-corrected chi connectivity index (χ0v) is 11.6. The van der Waals surface area contributed by atoms with Gasteiger partial charge in [-0.15, -0.1) is 0 Å². The largest absolute Gasteiger partial charge is 0.394 e. The molecule has 3 heterocycles. The number of imidazole rings is 1. The zero-order chi connectivity index (χ0) is 15.7. The van der Waals surface area contributed by atoms with Gasteiger partial charge < -0.3 is 30.5 Å². The van der Waals surface area contributed by atoms with Crippen molar-refractivity contribution in [3.05, 3.63) is 12.7 Å². The minimum Gasteiger partial charge on any atom is -0.394 e. The molecular weight excluding hydrogens is 294 g/mol. The molecule has 0 aliphatic carbocycles. The van der Waals surface area contributed by atoms with Crippen LogP contribution in [-0.2, 0) is 9.47 Å². The summed E-state index contributed by atoms with van der Waals surface area (Å²) in [6, 6.07) is 0. The first-order chi connectivity index (χ1) is 10.7. The first-order valence-electron chi connectivity index (χ1n) is 6.77. The molecule has 5 N–H and O–H groups in total. The van der Waals surface area contributed by atoms with Gasteiger partial charge in [-0.25, -0.2) is 15.0 Å². The van der Waals surface area contributed by atoms with Crippen LogP contribution in [0.1, 0.15) is 6.23 Å². The fourth-order valence-corrected chi connectivity index (χ4v) is 2.52. The highest BCUT2D eigenvalue weighted by molar-refractivity contribution is 5.81. The van der Waals surface area contributed by atoms with E-state index in [2.05, 4.69) is 15.0 Å². The summed E-state index contributed by atoms with van der Waals surface area (Å²) in [5.74, 6) is 0.230. The van der Waals surface area contributed by atoms with E-state index in [-0.39, 0.29) is 25.6 Å². The van der Waals surface area contributed by atoms with E-state index < -0.39 is 24.5 Å². The van der Waals surface area contributed by atoms with Crippen molar-refractivity contribution >= 4 is 17.0 Å². The number of aromatic nitrogens is 4. The van der Waals surface area contributed by atoms with Crippen LogP contribution in [0.5, 0.6) is 0 Å². The van der Waals surface area contributed by atoms with Crippen LogP contribution < -0.4 is 5.73 Å². The molecule has 0 bridgehead atoms. The molecule has 0 amide bonds. The number of nitrogens with zero attached hydrogens (tertiary/aromatic N) is 4. The van der Waals surface area contributed by atoms with Crippen LogP contribution in [-0.4, -0.2) is 73.0 Å². The molecule has 1 fully saturated rings. The maximum absolute atomic E-state index is 10.2. The van der Waals surface area contributed by atoms with Crippen LogP contribution in [0, 0.1) is 0 Å². The normalized spacial score (nSPS) is 28.5. The quantitative estimate of drug-likeness (QED) is 0.493. The molecule has 120 valence electrons. The van der Waals surface area contributed by atoms with Gasteiger partial charge in [-0.2, -0.15) is 0 Å². The minimum absolute atomic E-state index is 0.0312. The van der Waals surface area contributed by atoms with Gasteiger partial charge in [-0.1, -0.05) is 0 Å². The minimum atomic E-state index is -1.04. The number of hydrogen-bond acceptors (Lipinski definition) is 9. The van der Waals surface area contributed by atoms with Gasteiger partial charge in [0.1, 0.15) is 30.2 Å². The van der Waals surface area contributed by atoms with Crippen molar-refractivity contribution in [1.29, 1.82) is 0 Å².